The molecule has 0 aliphatic rings. The van der Waals surface area contributed by atoms with Crippen LogP contribution in [0, 0.1) is 0 Å². The summed E-state index contributed by atoms with van der Waals surface area (Å²) in [6.45, 7) is 0.158. The van der Waals surface area contributed by atoms with E-state index in [4.69, 9.17) is 0 Å². The number of carbonyl (C=O) groups excluding carboxylic acids is 2. The first-order valence-corrected chi connectivity index (χ1v) is 6.15. The first-order chi connectivity index (χ1) is 9.56. The van der Waals surface area contributed by atoms with Crippen molar-refractivity contribution in [2.45, 2.75) is 6.54 Å². The van der Waals surface area contributed by atoms with Crippen LogP contribution in [0.2, 0.25) is 0 Å². The van der Waals surface area contributed by atoms with Gasteiger partial charge in [0.2, 0.25) is 5.91 Å². The summed E-state index contributed by atoms with van der Waals surface area (Å²) in [6, 6.07) is 8.54. The highest BCUT2D eigenvalue weighted by Crippen LogP contribution is 2.10. The molecule has 0 bridgehead atoms. The second kappa shape index (κ2) is 6.01. The van der Waals surface area contributed by atoms with Crippen LogP contribution in [-0.4, -0.2) is 40.6 Å². The second-order valence-electron chi connectivity index (χ2n) is 4.53. The minimum Gasteiger partial charge on any atom is -0.345 e. The third-order valence-electron chi connectivity index (χ3n) is 2.69. The van der Waals surface area contributed by atoms with E-state index in [1.165, 1.54) is 4.90 Å². The molecule has 1 N–H and O–H groups in total. The third kappa shape index (κ3) is 3.44. The predicted molar refractivity (Wildman–Crippen MR) is 75.3 cm³/mol. The van der Waals surface area contributed by atoms with Gasteiger partial charge < -0.3 is 10.2 Å². The highest BCUT2D eigenvalue weighted by atomic mass is 16.2. The van der Waals surface area contributed by atoms with Gasteiger partial charge >= 0.3 is 0 Å². The molecule has 104 valence electrons. The highest BCUT2D eigenvalue weighted by Gasteiger charge is 2.08. The van der Waals surface area contributed by atoms with Gasteiger partial charge in [-0.3, -0.25) is 14.3 Å². The van der Waals surface area contributed by atoms with Crippen molar-refractivity contribution in [2.24, 2.45) is 0 Å². The van der Waals surface area contributed by atoms with E-state index in [1.54, 1.807) is 61.5 Å². The molecule has 1 aromatic heterocycles. The SMILES string of the molecule is CN(C)C(=O)c1ccc(NC(=O)Cn2cccn2)cc1. The maximum atomic E-state index is 11.8. The molecule has 2 amide bonds. The minimum atomic E-state index is -0.166. The van der Waals surface area contributed by atoms with Crippen molar-refractivity contribution in [3.05, 3.63) is 48.3 Å². The van der Waals surface area contributed by atoms with Crippen LogP contribution >= 0.6 is 0 Å². The lowest BCUT2D eigenvalue weighted by molar-refractivity contribution is -0.116. The highest BCUT2D eigenvalue weighted by molar-refractivity contribution is 5.95. The number of nitrogens with zero attached hydrogens (tertiary/aromatic N) is 3. The Morgan fingerprint density at radius 3 is 2.50 bits per heavy atom. The monoisotopic (exact) mass is 272 g/mol. The van der Waals surface area contributed by atoms with Crippen LogP contribution < -0.4 is 5.32 Å². The fraction of sp³-hybridized carbons (Fsp3) is 0.214. The number of anilines is 1. The minimum absolute atomic E-state index is 0.0700. The van der Waals surface area contributed by atoms with Gasteiger partial charge in [0, 0.05) is 37.7 Å². The summed E-state index contributed by atoms with van der Waals surface area (Å²) in [5.41, 5.74) is 1.23. The number of hydrogen-bond donors (Lipinski definition) is 1. The summed E-state index contributed by atoms with van der Waals surface area (Å²) in [7, 11) is 3.39. The lowest BCUT2D eigenvalue weighted by atomic mass is 10.2. The Bertz CT molecular complexity index is 588. The van der Waals surface area contributed by atoms with Gasteiger partial charge in [0.1, 0.15) is 6.54 Å². The largest absolute Gasteiger partial charge is 0.345 e. The maximum absolute atomic E-state index is 11.8. The molecule has 1 heterocycles. The molecular formula is C14H16N4O2. The molecule has 0 aliphatic heterocycles. The van der Waals surface area contributed by atoms with Gasteiger partial charge in [-0.25, -0.2) is 0 Å². The van der Waals surface area contributed by atoms with E-state index in [2.05, 4.69) is 10.4 Å². The number of carbonyl (C=O) groups is 2. The predicted octanol–water partition coefficient (Wildman–Crippen LogP) is 1.22. The molecule has 2 rings (SSSR count). The summed E-state index contributed by atoms with van der Waals surface area (Å²) in [5.74, 6) is -0.236. The topological polar surface area (TPSA) is 67.2 Å². The molecule has 2 aromatic rings. The van der Waals surface area contributed by atoms with Crippen LogP contribution in [0.3, 0.4) is 0 Å². The normalized spacial score (nSPS) is 10.1. The van der Waals surface area contributed by atoms with Crippen LogP contribution in [-0.2, 0) is 11.3 Å². The maximum Gasteiger partial charge on any atom is 0.253 e. The van der Waals surface area contributed by atoms with Crippen molar-refractivity contribution < 1.29 is 9.59 Å². The Kier molecular flexibility index (Phi) is 4.14. The van der Waals surface area contributed by atoms with Crippen LogP contribution in [0.15, 0.2) is 42.7 Å². The van der Waals surface area contributed by atoms with Crippen LogP contribution in [0.25, 0.3) is 0 Å². The molecule has 1 aromatic carbocycles. The second-order valence-corrected chi connectivity index (χ2v) is 4.53. The first-order valence-electron chi connectivity index (χ1n) is 6.15. The molecule has 20 heavy (non-hydrogen) atoms. The Morgan fingerprint density at radius 1 is 1.25 bits per heavy atom. The average Bonchev–Trinajstić information content (AvgIpc) is 2.91. The molecule has 0 saturated carbocycles. The number of benzene rings is 1. The molecule has 0 aliphatic carbocycles. The first kappa shape index (κ1) is 13.8. The van der Waals surface area contributed by atoms with E-state index in [-0.39, 0.29) is 18.4 Å². The molecule has 6 nitrogen and oxygen atoms in total. The molecule has 0 radical (unpaired) electrons. The number of aromatic nitrogens is 2. The van der Waals surface area contributed by atoms with Crippen molar-refractivity contribution in [2.75, 3.05) is 19.4 Å². The zero-order valence-corrected chi connectivity index (χ0v) is 11.4. The summed E-state index contributed by atoms with van der Waals surface area (Å²) in [6.07, 6.45) is 3.34. The molecule has 0 saturated heterocycles. The van der Waals surface area contributed by atoms with E-state index in [0.29, 0.717) is 11.3 Å². The molecule has 0 fully saturated rings. The zero-order chi connectivity index (χ0) is 14.5. The lowest BCUT2D eigenvalue weighted by Gasteiger charge is -2.11. The van der Waals surface area contributed by atoms with Gasteiger partial charge in [-0.15, -0.1) is 0 Å². The van der Waals surface area contributed by atoms with Gasteiger partial charge in [0.25, 0.3) is 5.91 Å². The van der Waals surface area contributed by atoms with E-state index < -0.39 is 0 Å². The number of nitrogens with one attached hydrogen (secondary N) is 1. The van der Waals surface area contributed by atoms with Gasteiger partial charge in [-0.05, 0) is 30.3 Å². The zero-order valence-electron chi connectivity index (χ0n) is 11.4. The molecule has 0 spiro atoms. The van der Waals surface area contributed by atoms with Crippen molar-refractivity contribution in [3.63, 3.8) is 0 Å². The van der Waals surface area contributed by atoms with Crippen LogP contribution in [0.5, 0.6) is 0 Å². The van der Waals surface area contributed by atoms with Crippen molar-refractivity contribution >= 4 is 17.5 Å². The van der Waals surface area contributed by atoms with Gasteiger partial charge in [-0.1, -0.05) is 0 Å². The fourth-order valence-electron chi connectivity index (χ4n) is 1.70. The van der Waals surface area contributed by atoms with E-state index >= 15 is 0 Å². The van der Waals surface area contributed by atoms with E-state index in [9.17, 15) is 9.59 Å². The molecule has 6 heteroatoms. The molecule has 0 unspecified atom stereocenters. The Morgan fingerprint density at radius 2 is 1.95 bits per heavy atom. The van der Waals surface area contributed by atoms with Crippen molar-refractivity contribution in [1.29, 1.82) is 0 Å². The number of hydrogen-bond acceptors (Lipinski definition) is 3. The van der Waals surface area contributed by atoms with Gasteiger partial charge in [-0.2, -0.15) is 5.10 Å². The summed E-state index contributed by atoms with van der Waals surface area (Å²) >= 11 is 0. The number of rotatable bonds is 4. The van der Waals surface area contributed by atoms with Gasteiger partial charge in [0.15, 0.2) is 0 Å². The summed E-state index contributed by atoms with van der Waals surface area (Å²) in [4.78, 5) is 25.0. The Labute approximate surface area is 117 Å². The van der Waals surface area contributed by atoms with Crippen LogP contribution in [0.4, 0.5) is 5.69 Å². The van der Waals surface area contributed by atoms with Crippen molar-refractivity contribution in [1.82, 2.24) is 14.7 Å². The Balaban J connectivity index is 1.97. The quantitative estimate of drug-likeness (QED) is 0.910. The van der Waals surface area contributed by atoms with E-state index in [1.807, 2.05) is 0 Å². The number of amides is 2. The average molecular weight is 272 g/mol. The third-order valence-corrected chi connectivity index (χ3v) is 2.69. The Hall–Kier alpha value is -2.63. The van der Waals surface area contributed by atoms with Gasteiger partial charge in [0.05, 0.1) is 0 Å². The molecule has 0 atom stereocenters. The van der Waals surface area contributed by atoms with E-state index in [0.717, 1.165) is 0 Å². The lowest BCUT2D eigenvalue weighted by Crippen LogP contribution is -2.22. The molecular weight excluding hydrogens is 256 g/mol. The standard InChI is InChI=1S/C14H16N4O2/c1-17(2)14(20)11-4-6-12(7-5-11)16-13(19)10-18-9-3-8-15-18/h3-9H,10H2,1-2H3,(H,16,19). The summed E-state index contributed by atoms with van der Waals surface area (Å²) < 4.78 is 1.54. The summed E-state index contributed by atoms with van der Waals surface area (Å²) in [5, 5.41) is 6.71. The van der Waals surface area contributed by atoms with Crippen LogP contribution in [0.1, 0.15) is 10.4 Å². The fourth-order valence-corrected chi connectivity index (χ4v) is 1.70. The smallest absolute Gasteiger partial charge is 0.253 e. The van der Waals surface area contributed by atoms with Crippen molar-refractivity contribution in [3.8, 4) is 0 Å².